The highest BCUT2D eigenvalue weighted by molar-refractivity contribution is 7.00. The summed E-state index contributed by atoms with van der Waals surface area (Å²) in [6.07, 6.45) is 0.854. The van der Waals surface area contributed by atoms with Crippen LogP contribution >= 0.6 is 0 Å². The van der Waals surface area contributed by atoms with E-state index in [2.05, 4.69) is 171 Å². The number of rotatable bonds is 2. The Morgan fingerprint density at radius 1 is 0.538 bits per heavy atom. The topological polar surface area (TPSA) is 24.9 Å². The van der Waals surface area contributed by atoms with Gasteiger partial charge in [-0.05, 0) is 117 Å². The number of aryl methyl sites for hydroxylation is 2. The predicted octanol–water partition coefficient (Wildman–Crippen LogP) is 10.4. The van der Waals surface area contributed by atoms with Crippen molar-refractivity contribution in [2.24, 2.45) is 0 Å². The summed E-state index contributed by atoms with van der Waals surface area (Å²) in [7, 11) is 0. The lowest BCUT2D eigenvalue weighted by Gasteiger charge is -2.45. The molecular weight excluding hydrogens is 635 g/mol. The van der Waals surface area contributed by atoms with Crippen LogP contribution in [0.2, 0.25) is 0 Å². The van der Waals surface area contributed by atoms with Gasteiger partial charge in [-0.1, -0.05) is 105 Å². The van der Waals surface area contributed by atoms with Gasteiger partial charge in [-0.15, -0.1) is 0 Å². The average Bonchev–Trinajstić information content (AvgIpc) is 3.33. The van der Waals surface area contributed by atoms with Gasteiger partial charge in [0.2, 0.25) is 0 Å². The van der Waals surface area contributed by atoms with Crippen LogP contribution in [0.4, 0.5) is 34.1 Å². The van der Waals surface area contributed by atoms with Crippen molar-refractivity contribution in [3.8, 4) is 11.5 Å². The van der Waals surface area contributed by atoms with E-state index in [1.54, 1.807) is 0 Å². The summed E-state index contributed by atoms with van der Waals surface area (Å²) < 4.78 is 13.1. The second-order valence-electron chi connectivity index (χ2n) is 18.3. The maximum atomic E-state index is 6.72. The van der Waals surface area contributed by atoms with E-state index >= 15 is 0 Å². The van der Waals surface area contributed by atoms with Crippen molar-refractivity contribution >= 4 is 57.2 Å². The Morgan fingerprint density at radius 2 is 1.12 bits per heavy atom. The van der Waals surface area contributed by atoms with Crippen molar-refractivity contribution in [1.82, 2.24) is 0 Å². The van der Waals surface area contributed by atoms with E-state index in [-0.39, 0.29) is 23.0 Å². The molecule has 0 amide bonds. The average molecular weight is 689 g/mol. The van der Waals surface area contributed by atoms with Gasteiger partial charge >= 0.3 is 0 Å². The minimum absolute atomic E-state index is 0.00514. The molecule has 0 radical (unpaired) electrons. The predicted molar refractivity (Wildman–Crippen MR) is 222 cm³/mol. The van der Waals surface area contributed by atoms with Crippen LogP contribution in [0, 0.1) is 13.8 Å². The highest BCUT2D eigenvalue weighted by atomic mass is 16.5. The Kier molecular flexibility index (Phi) is 7.92. The SMILES string of the molecule is Cc1cc2c3c(c1)N(c1ccc(C(C)(C)C)cc1C)c1c(ccc4c1OCCCO4)B3c1cc(C(C)(C)C)ccc1N2c1ccc(C(C)(C)C)cc1. The molecule has 0 unspecified atom stereocenters. The number of benzene rings is 5. The largest absolute Gasteiger partial charge is 0.489 e. The zero-order chi connectivity index (χ0) is 36.9. The normalized spacial score (nSPS) is 15.2. The standard InChI is InChI=1S/C47H53BN2O2/c1-29-25-39-42-40(26-29)50(37-20-15-32(27-30(37)2)46(6,7)8)43-35(19-22-41-44(43)52-24-12-23-51-41)48(42)36-28-33(47(9,10)11)16-21-38(36)49(39)34-17-13-31(14-18-34)45(3,4)5/h13-22,25-28H,12,23-24H2,1-11H3. The van der Waals surface area contributed by atoms with Gasteiger partial charge < -0.3 is 19.3 Å². The molecule has 8 rings (SSSR count). The first kappa shape index (κ1) is 34.5. The van der Waals surface area contributed by atoms with Gasteiger partial charge in [0.1, 0.15) is 0 Å². The van der Waals surface area contributed by atoms with Crippen molar-refractivity contribution in [1.29, 1.82) is 0 Å². The summed E-state index contributed by atoms with van der Waals surface area (Å²) in [4.78, 5) is 5.00. The van der Waals surface area contributed by atoms with Gasteiger partial charge in [-0.25, -0.2) is 0 Å². The zero-order valence-electron chi connectivity index (χ0n) is 33.0. The Balaban J connectivity index is 1.47. The molecule has 0 fully saturated rings. The lowest BCUT2D eigenvalue weighted by atomic mass is 9.33. The van der Waals surface area contributed by atoms with Crippen LogP contribution in [-0.4, -0.2) is 19.9 Å². The van der Waals surface area contributed by atoms with E-state index < -0.39 is 0 Å². The summed E-state index contributed by atoms with van der Waals surface area (Å²) in [5.74, 6) is 1.67. The lowest BCUT2D eigenvalue weighted by Crippen LogP contribution is -2.61. The molecule has 0 saturated heterocycles. The molecule has 5 heteroatoms. The molecule has 0 spiro atoms. The molecule has 0 aliphatic carbocycles. The van der Waals surface area contributed by atoms with Crippen molar-refractivity contribution in [3.63, 3.8) is 0 Å². The third-order valence-corrected chi connectivity index (χ3v) is 11.2. The van der Waals surface area contributed by atoms with Crippen LogP contribution < -0.4 is 35.7 Å². The van der Waals surface area contributed by atoms with Crippen LogP contribution in [0.25, 0.3) is 0 Å². The van der Waals surface area contributed by atoms with Crippen molar-refractivity contribution in [2.45, 2.75) is 98.8 Å². The van der Waals surface area contributed by atoms with Crippen LogP contribution in [0.1, 0.15) is 96.6 Å². The van der Waals surface area contributed by atoms with Crippen LogP contribution in [0.15, 0.2) is 84.9 Å². The van der Waals surface area contributed by atoms with Crippen molar-refractivity contribution in [2.75, 3.05) is 23.0 Å². The van der Waals surface area contributed by atoms with E-state index in [0.717, 1.165) is 29.3 Å². The number of anilines is 6. The number of fused-ring (bicyclic) bond motifs is 6. The highest BCUT2D eigenvalue weighted by Crippen LogP contribution is 2.51. The number of nitrogens with zero attached hydrogens (tertiary/aromatic N) is 2. The molecule has 3 aliphatic heterocycles. The molecule has 4 nitrogen and oxygen atoms in total. The Morgan fingerprint density at radius 3 is 1.75 bits per heavy atom. The summed E-state index contributed by atoms with van der Waals surface area (Å²) >= 11 is 0. The van der Waals surface area contributed by atoms with Gasteiger partial charge in [0.25, 0.3) is 6.71 Å². The first-order valence-electron chi connectivity index (χ1n) is 19.1. The van der Waals surface area contributed by atoms with E-state index in [9.17, 15) is 0 Å². The molecule has 0 N–H and O–H groups in total. The highest BCUT2D eigenvalue weighted by Gasteiger charge is 2.46. The van der Waals surface area contributed by atoms with Crippen LogP contribution in [0.5, 0.6) is 11.5 Å². The zero-order valence-corrected chi connectivity index (χ0v) is 33.0. The van der Waals surface area contributed by atoms with Gasteiger partial charge in [0, 0.05) is 34.9 Å². The first-order valence-corrected chi connectivity index (χ1v) is 19.1. The smallest absolute Gasteiger partial charge is 0.252 e. The van der Waals surface area contributed by atoms with Gasteiger partial charge in [-0.2, -0.15) is 0 Å². The molecule has 0 saturated carbocycles. The Hall–Kier alpha value is -4.64. The molecule has 3 aliphatic rings. The number of ether oxygens (including phenoxy) is 2. The molecule has 0 atom stereocenters. The minimum Gasteiger partial charge on any atom is -0.489 e. The van der Waals surface area contributed by atoms with Crippen LogP contribution in [-0.2, 0) is 16.2 Å². The third-order valence-electron chi connectivity index (χ3n) is 11.2. The fourth-order valence-electron chi connectivity index (χ4n) is 8.32. The summed E-state index contributed by atoms with van der Waals surface area (Å²) in [6, 6.07) is 32.7. The molecule has 52 heavy (non-hydrogen) atoms. The maximum absolute atomic E-state index is 6.72. The van der Waals surface area contributed by atoms with E-state index in [1.165, 1.54) is 67.0 Å². The summed E-state index contributed by atoms with van der Waals surface area (Å²) in [5, 5.41) is 0. The van der Waals surface area contributed by atoms with Gasteiger partial charge in [0.15, 0.2) is 11.5 Å². The molecule has 5 aromatic carbocycles. The van der Waals surface area contributed by atoms with Crippen LogP contribution in [0.3, 0.4) is 0 Å². The van der Waals surface area contributed by atoms with Gasteiger partial charge in [0.05, 0.1) is 18.9 Å². The summed E-state index contributed by atoms with van der Waals surface area (Å²) in [5.41, 5.74) is 17.5. The van der Waals surface area contributed by atoms with E-state index in [4.69, 9.17) is 9.47 Å². The van der Waals surface area contributed by atoms with Gasteiger partial charge in [-0.3, -0.25) is 0 Å². The second-order valence-corrected chi connectivity index (χ2v) is 18.3. The quantitative estimate of drug-likeness (QED) is 0.169. The fourth-order valence-corrected chi connectivity index (χ4v) is 8.32. The Labute approximate surface area is 311 Å². The first-order chi connectivity index (χ1) is 24.5. The fraction of sp³-hybridized carbons (Fsp3) is 0.362. The number of hydrogen-bond acceptors (Lipinski definition) is 4. The van der Waals surface area contributed by atoms with E-state index in [0.29, 0.717) is 13.2 Å². The maximum Gasteiger partial charge on any atom is 0.252 e. The lowest BCUT2D eigenvalue weighted by molar-refractivity contribution is 0.297. The second kappa shape index (κ2) is 11.9. The molecule has 266 valence electrons. The Bertz CT molecular complexity index is 2220. The molecule has 0 aromatic heterocycles. The van der Waals surface area contributed by atoms with Crippen molar-refractivity contribution < 1.29 is 9.47 Å². The van der Waals surface area contributed by atoms with Crippen molar-refractivity contribution in [3.05, 3.63) is 113 Å². The molecule has 3 heterocycles. The minimum atomic E-state index is -0.00916. The molecular formula is C47H53BN2O2. The molecule has 5 aromatic rings. The molecule has 0 bridgehead atoms. The third kappa shape index (κ3) is 5.59. The monoisotopic (exact) mass is 688 g/mol. The summed E-state index contributed by atoms with van der Waals surface area (Å²) in [6.45, 7) is 26.4. The van der Waals surface area contributed by atoms with E-state index in [1.807, 2.05) is 0 Å². The number of hydrogen-bond donors (Lipinski definition) is 0.